The molecule has 13 nitrogen and oxygen atoms in total. The summed E-state index contributed by atoms with van der Waals surface area (Å²) in [5.41, 5.74) is -6.94. The fourth-order valence-electron chi connectivity index (χ4n) is 8.35. The number of carbonyl (C=O) groups excluding carboxylic acids is 4. The molecule has 2 saturated carbocycles. The minimum Gasteiger partial charge on any atom is -0.456 e. The van der Waals surface area contributed by atoms with Gasteiger partial charge in [-0.05, 0) is 51.1 Å². The number of likely N-dealkylation sites (N-methyl/N-ethyl adjacent to an activating group) is 1. The second-order valence-corrected chi connectivity index (χ2v) is 14.1. The normalized spacial score (nSPS) is 38.7. The van der Waals surface area contributed by atoms with E-state index in [1.165, 1.54) is 26.0 Å². The molecule has 1 heterocycles. The van der Waals surface area contributed by atoms with Crippen LogP contribution in [0.2, 0.25) is 0 Å². The Morgan fingerprint density at radius 2 is 1.72 bits per heavy atom. The Morgan fingerprint density at radius 1 is 1.09 bits per heavy atom. The second-order valence-electron chi connectivity index (χ2n) is 14.1. The number of esters is 3. The lowest BCUT2D eigenvalue weighted by atomic mass is 9.44. The topological polar surface area (TPSA) is 198 Å². The van der Waals surface area contributed by atoms with Crippen LogP contribution >= 0.6 is 0 Å². The lowest BCUT2D eigenvalue weighted by Gasteiger charge is -2.67. The monoisotopic (exact) mass is 659 g/mol. The SMILES string of the molecule is CN[C@@H](C)[C@@H](O)C(=O)O[C@H]1C[C@@]2(O)[C@@H](OC(=O)c3ccccc3)C3[C@](C)(C(=O)[C@H](O)C(=C1C)C2(C)C)[C@@H](O)C[C@H]1OC[C@@]31OC(C)=O. The molecule has 3 aliphatic carbocycles. The van der Waals surface area contributed by atoms with Gasteiger partial charge in [0.15, 0.2) is 17.5 Å². The number of ketones is 1. The van der Waals surface area contributed by atoms with Crippen molar-refractivity contribution in [3.63, 3.8) is 0 Å². The zero-order chi connectivity index (χ0) is 34.9. The molecular weight excluding hydrogens is 614 g/mol. The number of hydrogen-bond acceptors (Lipinski definition) is 13. The average Bonchev–Trinajstić information content (AvgIpc) is 3.02. The van der Waals surface area contributed by atoms with E-state index in [4.69, 9.17) is 18.9 Å². The average molecular weight is 660 g/mol. The number of fused-ring (bicyclic) bond motifs is 5. The smallest absolute Gasteiger partial charge is 0.338 e. The van der Waals surface area contributed by atoms with Crippen molar-refractivity contribution in [3.05, 3.63) is 47.0 Å². The molecule has 5 rings (SSSR count). The van der Waals surface area contributed by atoms with E-state index in [1.807, 2.05) is 0 Å². The van der Waals surface area contributed by atoms with Gasteiger partial charge in [0.2, 0.25) is 0 Å². The third kappa shape index (κ3) is 5.13. The van der Waals surface area contributed by atoms with Crippen molar-refractivity contribution in [1.82, 2.24) is 5.32 Å². The molecule has 1 aliphatic heterocycles. The summed E-state index contributed by atoms with van der Waals surface area (Å²) in [6.07, 6.45) is -9.44. The Balaban J connectivity index is 1.77. The maximum absolute atomic E-state index is 14.7. The van der Waals surface area contributed by atoms with E-state index in [0.29, 0.717) is 0 Å². The van der Waals surface area contributed by atoms with Crippen molar-refractivity contribution in [2.75, 3.05) is 13.7 Å². The first-order valence-electron chi connectivity index (χ1n) is 15.9. The van der Waals surface area contributed by atoms with E-state index in [-0.39, 0.29) is 29.7 Å². The predicted molar refractivity (Wildman–Crippen MR) is 164 cm³/mol. The summed E-state index contributed by atoms with van der Waals surface area (Å²) in [6.45, 7) is 8.63. The standard InChI is InChI=1S/C34H45NO12/c1-16-20(45-30(42)24(38)17(2)35-7)14-34(43)28(46-29(41)19-11-9-8-10-12-19)26-32(6,27(40)25(39)23(16)31(34,4)5)21(37)13-22-33(26,15-44-22)47-18(3)36/h8-12,17,20-22,24-26,28,35,37-39,43H,13-15H2,1-7H3/t17-,20-,21-,22+,24+,25+,26?,28-,32+,33-,34+/m0/s1. The Morgan fingerprint density at radius 3 is 2.28 bits per heavy atom. The molecule has 4 aliphatic rings. The summed E-state index contributed by atoms with van der Waals surface area (Å²) in [5, 5.41) is 50.1. The molecule has 2 bridgehead atoms. The van der Waals surface area contributed by atoms with E-state index in [1.54, 1.807) is 52.9 Å². The van der Waals surface area contributed by atoms with Gasteiger partial charge in [0.25, 0.3) is 0 Å². The van der Waals surface area contributed by atoms with Crippen LogP contribution in [0.25, 0.3) is 0 Å². The van der Waals surface area contributed by atoms with Crippen LogP contribution in [-0.2, 0) is 33.3 Å². The van der Waals surface area contributed by atoms with Crippen LogP contribution in [0.15, 0.2) is 41.5 Å². The van der Waals surface area contributed by atoms with Gasteiger partial charge in [0, 0.05) is 31.2 Å². The lowest BCUT2D eigenvalue weighted by Crippen LogP contribution is -2.81. The van der Waals surface area contributed by atoms with Crippen molar-refractivity contribution >= 4 is 23.7 Å². The van der Waals surface area contributed by atoms with Gasteiger partial charge in [-0.3, -0.25) is 9.59 Å². The van der Waals surface area contributed by atoms with Crippen molar-refractivity contribution in [2.24, 2.45) is 16.7 Å². The first-order valence-corrected chi connectivity index (χ1v) is 15.9. The Hall–Kier alpha value is -3.20. The van der Waals surface area contributed by atoms with Crippen molar-refractivity contribution < 1.29 is 58.6 Å². The number of hydrogen-bond donors (Lipinski definition) is 5. The zero-order valence-electron chi connectivity index (χ0n) is 27.7. The van der Waals surface area contributed by atoms with E-state index in [2.05, 4.69) is 5.32 Å². The van der Waals surface area contributed by atoms with E-state index < -0.39 is 101 Å². The summed E-state index contributed by atoms with van der Waals surface area (Å²) in [7, 11) is 1.55. The number of carbonyl (C=O) groups is 4. The molecule has 0 spiro atoms. The molecule has 11 atom stereocenters. The fourth-order valence-corrected chi connectivity index (χ4v) is 8.35. The molecule has 5 N–H and O–H groups in total. The van der Waals surface area contributed by atoms with Gasteiger partial charge in [-0.15, -0.1) is 0 Å². The van der Waals surface area contributed by atoms with E-state index in [9.17, 15) is 39.6 Å². The molecule has 3 fully saturated rings. The minimum absolute atomic E-state index is 0.0198. The summed E-state index contributed by atoms with van der Waals surface area (Å²) in [5.74, 6) is -4.91. The third-order valence-electron chi connectivity index (χ3n) is 11.3. The molecule has 258 valence electrons. The first kappa shape index (κ1) is 35.1. The Labute approximate surface area is 273 Å². The van der Waals surface area contributed by atoms with Gasteiger partial charge >= 0.3 is 17.9 Å². The van der Waals surface area contributed by atoms with Crippen LogP contribution in [0.3, 0.4) is 0 Å². The van der Waals surface area contributed by atoms with E-state index in [0.717, 1.165) is 0 Å². The summed E-state index contributed by atoms with van der Waals surface area (Å²) in [4.78, 5) is 54.3. The summed E-state index contributed by atoms with van der Waals surface area (Å²) < 4.78 is 23.7. The van der Waals surface area contributed by atoms with Crippen LogP contribution in [-0.4, -0.2) is 112 Å². The third-order valence-corrected chi connectivity index (χ3v) is 11.3. The van der Waals surface area contributed by atoms with Gasteiger partial charge in [0.05, 0.1) is 29.6 Å². The first-order chi connectivity index (χ1) is 21.9. The molecule has 1 aromatic rings. The fraction of sp³-hybridized carbons (Fsp3) is 0.647. The maximum atomic E-state index is 14.7. The molecule has 0 radical (unpaired) electrons. The minimum atomic E-state index is -2.23. The number of Topliss-reactive ketones (excluding diaryl/α,β-unsaturated/α-hetero) is 1. The number of nitrogens with one attached hydrogen (secondary N) is 1. The Kier molecular flexibility index (Phi) is 9.00. The van der Waals surface area contributed by atoms with Gasteiger partial charge in [-0.25, -0.2) is 9.59 Å². The van der Waals surface area contributed by atoms with Gasteiger partial charge in [0.1, 0.15) is 30.0 Å². The van der Waals surface area contributed by atoms with Crippen molar-refractivity contribution in [3.8, 4) is 0 Å². The number of benzene rings is 1. The number of rotatable bonds is 7. The van der Waals surface area contributed by atoms with Crippen LogP contribution in [0.5, 0.6) is 0 Å². The highest BCUT2D eigenvalue weighted by atomic mass is 16.6. The maximum Gasteiger partial charge on any atom is 0.338 e. The molecule has 1 aromatic carbocycles. The Bertz CT molecular complexity index is 1480. The molecular formula is C34H45NO12. The van der Waals surface area contributed by atoms with Crippen LogP contribution in [0.1, 0.15) is 64.7 Å². The highest BCUT2D eigenvalue weighted by molar-refractivity contribution is 5.94. The molecule has 1 unspecified atom stereocenters. The molecule has 13 heteroatoms. The number of aliphatic hydroxyl groups excluding tert-OH is 3. The molecule has 47 heavy (non-hydrogen) atoms. The highest BCUT2D eigenvalue weighted by Crippen LogP contribution is 2.64. The highest BCUT2D eigenvalue weighted by Gasteiger charge is 2.78. The molecule has 0 amide bonds. The number of ether oxygens (including phenoxy) is 4. The van der Waals surface area contributed by atoms with E-state index >= 15 is 0 Å². The van der Waals surface area contributed by atoms with Gasteiger partial charge in [-0.2, -0.15) is 0 Å². The summed E-state index contributed by atoms with van der Waals surface area (Å²) in [6, 6.07) is 7.26. The quantitative estimate of drug-likeness (QED) is 0.155. The van der Waals surface area contributed by atoms with Crippen molar-refractivity contribution in [1.29, 1.82) is 0 Å². The second kappa shape index (κ2) is 12.0. The van der Waals surface area contributed by atoms with Crippen molar-refractivity contribution in [2.45, 2.75) is 108 Å². The van der Waals surface area contributed by atoms with Gasteiger partial charge in [-0.1, -0.05) is 32.0 Å². The molecule has 0 aromatic heterocycles. The van der Waals surface area contributed by atoms with Crippen LogP contribution < -0.4 is 5.32 Å². The number of aliphatic hydroxyl groups is 4. The zero-order valence-corrected chi connectivity index (χ0v) is 27.7. The summed E-state index contributed by atoms with van der Waals surface area (Å²) >= 11 is 0. The van der Waals surface area contributed by atoms with Gasteiger partial charge < -0.3 is 44.7 Å². The molecule has 1 saturated heterocycles. The van der Waals surface area contributed by atoms with Crippen LogP contribution in [0.4, 0.5) is 0 Å². The lowest BCUT2D eigenvalue weighted by molar-refractivity contribution is -0.346. The predicted octanol–water partition coefficient (Wildman–Crippen LogP) is 0.602. The van der Waals surface area contributed by atoms with Crippen LogP contribution in [0, 0.1) is 16.7 Å². The largest absolute Gasteiger partial charge is 0.456 e.